The van der Waals surface area contributed by atoms with Crippen molar-refractivity contribution in [2.75, 3.05) is 25.0 Å². The highest BCUT2D eigenvalue weighted by molar-refractivity contribution is 5.89. The number of rotatable bonds is 9. The van der Waals surface area contributed by atoms with Crippen molar-refractivity contribution in [3.63, 3.8) is 0 Å². The SMILES string of the molecule is CC(=O)Nc1ccccc1C1CCN(CC(=O)NCc2cc(CC(C)C)n(-c3ccccc3)n2)CC1. The zero-order valence-electron chi connectivity index (χ0n) is 21.5. The summed E-state index contributed by atoms with van der Waals surface area (Å²) in [6.07, 6.45) is 2.85. The Morgan fingerprint density at radius 2 is 1.72 bits per heavy atom. The van der Waals surface area contributed by atoms with Gasteiger partial charge < -0.3 is 10.6 Å². The van der Waals surface area contributed by atoms with Crippen LogP contribution in [0.15, 0.2) is 60.7 Å². The summed E-state index contributed by atoms with van der Waals surface area (Å²) in [5.74, 6) is 0.863. The predicted octanol–water partition coefficient (Wildman–Crippen LogP) is 4.53. The summed E-state index contributed by atoms with van der Waals surface area (Å²) in [6, 6.07) is 20.3. The van der Waals surface area contributed by atoms with Gasteiger partial charge in [-0.05, 0) is 74.0 Å². The van der Waals surface area contributed by atoms with Crippen LogP contribution in [0.4, 0.5) is 5.69 Å². The number of carbonyl (C=O) groups excluding carboxylic acids is 2. The lowest BCUT2D eigenvalue weighted by molar-refractivity contribution is -0.122. The lowest BCUT2D eigenvalue weighted by atomic mass is 9.88. The van der Waals surface area contributed by atoms with Crippen LogP contribution < -0.4 is 10.6 Å². The van der Waals surface area contributed by atoms with E-state index < -0.39 is 0 Å². The minimum absolute atomic E-state index is 0.0202. The fraction of sp³-hybridized carbons (Fsp3) is 0.414. The third-order valence-corrected chi connectivity index (χ3v) is 6.58. The van der Waals surface area contributed by atoms with Gasteiger partial charge in [0.25, 0.3) is 0 Å². The summed E-state index contributed by atoms with van der Waals surface area (Å²) >= 11 is 0. The first kappa shape index (κ1) is 25.6. The Balaban J connectivity index is 1.30. The summed E-state index contributed by atoms with van der Waals surface area (Å²) in [6.45, 7) is 8.45. The Bertz CT molecular complexity index is 1160. The number of carbonyl (C=O) groups is 2. The Hall–Kier alpha value is -3.45. The number of amides is 2. The number of para-hydroxylation sites is 2. The maximum atomic E-state index is 12.7. The summed E-state index contributed by atoms with van der Waals surface area (Å²) in [7, 11) is 0. The van der Waals surface area contributed by atoms with Crippen LogP contribution in [0, 0.1) is 5.92 Å². The molecule has 1 saturated heterocycles. The minimum atomic E-state index is -0.0542. The number of piperidine rings is 1. The zero-order chi connectivity index (χ0) is 25.5. The van der Waals surface area contributed by atoms with Gasteiger partial charge in [-0.15, -0.1) is 0 Å². The molecule has 0 unspecified atom stereocenters. The molecular weight excluding hydrogens is 450 g/mol. The van der Waals surface area contributed by atoms with E-state index >= 15 is 0 Å². The van der Waals surface area contributed by atoms with Crippen LogP contribution in [-0.2, 0) is 22.6 Å². The van der Waals surface area contributed by atoms with Gasteiger partial charge in [0.2, 0.25) is 11.8 Å². The average molecular weight is 488 g/mol. The van der Waals surface area contributed by atoms with E-state index in [4.69, 9.17) is 5.10 Å². The molecule has 0 saturated carbocycles. The molecule has 0 radical (unpaired) electrons. The molecule has 2 amide bonds. The number of likely N-dealkylation sites (tertiary alicyclic amines) is 1. The highest BCUT2D eigenvalue weighted by atomic mass is 16.2. The molecule has 4 rings (SSSR count). The largest absolute Gasteiger partial charge is 0.349 e. The molecule has 2 N–H and O–H groups in total. The van der Waals surface area contributed by atoms with Crippen molar-refractivity contribution in [2.24, 2.45) is 5.92 Å². The third kappa shape index (κ3) is 6.82. The molecule has 36 heavy (non-hydrogen) atoms. The Kier molecular flexibility index (Phi) is 8.54. The number of nitrogens with zero attached hydrogens (tertiary/aromatic N) is 3. The molecule has 7 heteroatoms. The van der Waals surface area contributed by atoms with Crippen molar-refractivity contribution >= 4 is 17.5 Å². The van der Waals surface area contributed by atoms with Gasteiger partial charge in [0.1, 0.15) is 0 Å². The average Bonchev–Trinajstić information content (AvgIpc) is 3.26. The highest BCUT2D eigenvalue weighted by Crippen LogP contribution is 2.32. The standard InChI is InChI=1S/C29H37N5O2/c1-21(2)17-26-18-24(32-34(26)25-9-5-4-6-10-25)19-30-29(36)20-33-15-13-23(14-16-33)27-11-7-8-12-28(27)31-22(3)35/h4-12,18,21,23H,13-17,19-20H2,1-3H3,(H,30,36)(H,31,35). The van der Waals surface area contributed by atoms with Gasteiger partial charge in [-0.25, -0.2) is 4.68 Å². The van der Waals surface area contributed by atoms with Gasteiger partial charge in [-0.1, -0.05) is 50.2 Å². The number of anilines is 1. The van der Waals surface area contributed by atoms with Crippen LogP contribution in [0.25, 0.3) is 5.69 Å². The summed E-state index contributed by atoms with van der Waals surface area (Å²) in [5.41, 5.74) is 5.14. The van der Waals surface area contributed by atoms with E-state index in [2.05, 4.69) is 53.6 Å². The van der Waals surface area contributed by atoms with Crippen LogP contribution in [0.1, 0.15) is 56.5 Å². The van der Waals surface area contributed by atoms with Crippen LogP contribution >= 0.6 is 0 Å². The van der Waals surface area contributed by atoms with Crippen molar-refractivity contribution in [1.82, 2.24) is 20.0 Å². The molecule has 0 atom stereocenters. The zero-order valence-corrected chi connectivity index (χ0v) is 21.5. The van der Waals surface area contributed by atoms with Gasteiger partial charge in [-0.2, -0.15) is 5.10 Å². The lowest BCUT2D eigenvalue weighted by Gasteiger charge is -2.32. The molecule has 1 aliphatic heterocycles. The van der Waals surface area contributed by atoms with Crippen molar-refractivity contribution in [3.05, 3.63) is 77.6 Å². The Morgan fingerprint density at radius 3 is 2.42 bits per heavy atom. The molecule has 1 fully saturated rings. The first-order chi connectivity index (χ1) is 17.4. The third-order valence-electron chi connectivity index (χ3n) is 6.58. The molecule has 3 aromatic rings. The molecule has 0 aliphatic carbocycles. The van der Waals surface area contributed by atoms with E-state index in [-0.39, 0.29) is 11.8 Å². The molecule has 2 heterocycles. The second kappa shape index (κ2) is 12.0. The topological polar surface area (TPSA) is 79.3 Å². The molecule has 190 valence electrons. The fourth-order valence-corrected chi connectivity index (χ4v) is 4.92. The van der Waals surface area contributed by atoms with Crippen LogP contribution in [0.5, 0.6) is 0 Å². The minimum Gasteiger partial charge on any atom is -0.349 e. The maximum absolute atomic E-state index is 12.7. The molecule has 2 aromatic carbocycles. The Morgan fingerprint density at radius 1 is 1.03 bits per heavy atom. The summed E-state index contributed by atoms with van der Waals surface area (Å²) in [5, 5.41) is 10.8. The second-order valence-electron chi connectivity index (χ2n) is 10.1. The second-order valence-corrected chi connectivity index (χ2v) is 10.1. The number of benzene rings is 2. The number of hydrogen-bond acceptors (Lipinski definition) is 4. The van der Waals surface area contributed by atoms with Crippen LogP contribution in [0.2, 0.25) is 0 Å². The molecule has 7 nitrogen and oxygen atoms in total. The number of aromatic nitrogens is 2. The lowest BCUT2D eigenvalue weighted by Crippen LogP contribution is -2.41. The number of nitrogens with one attached hydrogen (secondary N) is 2. The van der Waals surface area contributed by atoms with Gasteiger partial charge in [0.05, 0.1) is 24.5 Å². The highest BCUT2D eigenvalue weighted by Gasteiger charge is 2.24. The molecule has 0 bridgehead atoms. The number of hydrogen-bond donors (Lipinski definition) is 2. The molecule has 0 spiro atoms. The van der Waals surface area contributed by atoms with Crippen molar-refractivity contribution in [1.29, 1.82) is 0 Å². The Labute approximate surface area is 213 Å². The van der Waals surface area contributed by atoms with Gasteiger partial charge in [0, 0.05) is 18.3 Å². The van der Waals surface area contributed by atoms with Crippen molar-refractivity contribution in [2.45, 2.75) is 52.5 Å². The molecule has 1 aromatic heterocycles. The van der Waals surface area contributed by atoms with Crippen molar-refractivity contribution < 1.29 is 9.59 Å². The van der Waals surface area contributed by atoms with E-state index in [1.165, 1.54) is 12.5 Å². The van der Waals surface area contributed by atoms with Gasteiger partial charge in [0.15, 0.2) is 0 Å². The van der Waals surface area contributed by atoms with E-state index in [1.54, 1.807) is 0 Å². The van der Waals surface area contributed by atoms with E-state index in [1.807, 2.05) is 41.1 Å². The van der Waals surface area contributed by atoms with E-state index in [0.29, 0.717) is 24.9 Å². The molecular formula is C29H37N5O2. The van der Waals surface area contributed by atoms with Gasteiger partial charge >= 0.3 is 0 Å². The van der Waals surface area contributed by atoms with Crippen LogP contribution in [-0.4, -0.2) is 46.1 Å². The van der Waals surface area contributed by atoms with Crippen molar-refractivity contribution in [3.8, 4) is 5.69 Å². The van der Waals surface area contributed by atoms with E-state index in [0.717, 1.165) is 55.1 Å². The van der Waals surface area contributed by atoms with Crippen LogP contribution in [0.3, 0.4) is 0 Å². The monoisotopic (exact) mass is 487 g/mol. The summed E-state index contributed by atoms with van der Waals surface area (Å²) in [4.78, 5) is 26.5. The quantitative estimate of drug-likeness (QED) is 0.465. The first-order valence-electron chi connectivity index (χ1n) is 12.9. The van der Waals surface area contributed by atoms with Gasteiger partial charge in [-0.3, -0.25) is 14.5 Å². The fourth-order valence-electron chi connectivity index (χ4n) is 4.92. The smallest absolute Gasteiger partial charge is 0.234 e. The maximum Gasteiger partial charge on any atom is 0.234 e. The summed E-state index contributed by atoms with van der Waals surface area (Å²) < 4.78 is 1.99. The predicted molar refractivity (Wildman–Crippen MR) is 143 cm³/mol. The normalized spacial score (nSPS) is 14.7. The first-order valence-corrected chi connectivity index (χ1v) is 12.9. The van der Waals surface area contributed by atoms with E-state index in [9.17, 15) is 9.59 Å². The molecule has 1 aliphatic rings.